The summed E-state index contributed by atoms with van der Waals surface area (Å²) in [5, 5.41) is 12.5. The van der Waals surface area contributed by atoms with E-state index in [1.165, 1.54) is 6.20 Å². The number of pyridine rings is 1. The number of hydrogen-bond acceptors (Lipinski definition) is 11. The molecule has 0 aliphatic heterocycles. The standard InChI is InChI=1S/C43H50F3N7O7/c1-26-21-31-30(17-19-47-36(31)53(38(55)59-41(6,7)8)39(56)60-42(9,10)11)27(2)32(26)24-52(37(54)58-40(3,4)5)34-22-33(35(50-49-34)43(44,45)46)57-25-29-15-13-28(14-16-29)23-51-20-12-18-48-51/h12-22H,23-25H2,1-11H3. The molecule has 0 aliphatic carbocycles. The molecule has 0 radical (unpaired) electrons. The fourth-order valence-electron chi connectivity index (χ4n) is 5.98. The Bertz CT molecular complexity index is 2320. The Morgan fingerprint density at radius 3 is 1.87 bits per heavy atom. The van der Waals surface area contributed by atoms with Crippen LogP contribution in [0.2, 0.25) is 0 Å². The van der Waals surface area contributed by atoms with Crippen LogP contribution in [0.1, 0.15) is 95.8 Å². The molecule has 0 saturated carbocycles. The summed E-state index contributed by atoms with van der Waals surface area (Å²) < 4.78 is 67.3. The van der Waals surface area contributed by atoms with Gasteiger partial charge in [0.15, 0.2) is 17.4 Å². The van der Waals surface area contributed by atoms with Gasteiger partial charge in [0.1, 0.15) is 23.4 Å². The van der Waals surface area contributed by atoms with E-state index in [2.05, 4.69) is 20.3 Å². The highest BCUT2D eigenvalue weighted by atomic mass is 19.4. The third-order valence-electron chi connectivity index (χ3n) is 8.57. The van der Waals surface area contributed by atoms with E-state index < -0.39 is 52.7 Å². The lowest BCUT2D eigenvalue weighted by atomic mass is 9.95. The number of imide groups is 1. The van der Waals surface area contributed by atoms with Gasteiger partial charge in [0, 0.05) is 30.0 Å². The predicted octanol–water partition coefficient (Wildman–Crippen LogP) is 10.1. The lowest BCUT2D eigenvalue weighted by Gasteiger charge is -2.29. The van der Waals surface area contributed by atoms with Gasteiger partial charge in [-0.05, 0) is 128 Å². The first-order valence-electron chi connectivity index (χ1n) is 19.1. The maximum atomic E-state index is 14.3. The van der Waals surface area contributed by atoms with Crippen molar-refractivity contribution in [3.05, 3.63) is 101 Å². The van der Waals surface area contributed by atoms with E-state index in [9.17, 15) is 27.6 Å². The molecule has 0 unspecified atom stereocenters. The molecular weight excluding hydrogens is 784 g/mol. The number of halogens is 3. The molecule has 5 rings (SSSR count). The van der Waals surface area contributed by atoms with Gasteiger partial charge in [0.05, 0.1) is 13.1 Å². The number of anilines is 2. The van der Waals surface area contributed by atoms with Crippen molar-refractivity contribution in [2.24, 2.45) is 0 Å². The molecule has 17 heteroatoms. The molecule has 2 aromatic carbocycles. The number of carbonyl (C=O) groups is 3. The smallest absolute Gasteiger partial charge is 0.438 e. The molecule has 3 amide bonds. The molecule has 0 saturated heterocycles. The van der Waals surface area contributed by atoms with E-state index in [1.807, 2.05) is 18.3 Å². The molecule has 60 heavy (non-hydrogen) atoms. The summed E-state index contributed by atoms with van der Waals surface area (Å²) >= 11 is 0. The van der Waals surface area contributed by atoms with Crippen LogP contribution in [0, 0.1) is 13.8 Å². The lowest BCUT2D eigenvalue weighted by Crippen LogP contribution is -2.44. The number of aromatic nitrogens is 5. The number of benzene rings is 2. The average Bonchev–Trinajstić information content (AvgIpc) is 3.62. The van der Waals surface area contributed by atoms with E-state index in [1.54, 1.807) is 117 Å². The zero-order chi connectivity index (χ0) is 44.4. The first-order chi connectivity index (χ1) is 27.8. The number of hydrogen-bond donors (Lipinski definition) is 0. The highest BCUT2D eigenvalue weighted by molar-refractivity contribution is 6.14. The van der Waals surface area contributed by atoms with Crippen LogP contribution in [0.5, 0.6) is 5.75 Å². The van der Waals surface area contributed by atoms with Crippen LogP contribution >= 0.6 is 0 Å². The lowest BCUT2D eigenvalue weighted by molar-refractivity contribution is -0.143. The second-order valence-corrected chi connectivity index (χ2v) is 17.1. The normalized spacial score (nSPS) is 12.2. The van der Waals surface area contributed by atoms with Gasteiger partial charge in [0.2, 0.25) is 5.69 Å². The third-order valence-corrected chi connectivity index (χ3v) is 8.57. The Balaban J connectivity index is 1.55. The highest BCUT2D eigenvalue weighted by Crippen LogP contribution is 2.38. The molecule has 3 heterocycles. The number of carbonyl (C=O) groups excluding carboxylic acids is 3. The highest BCUT2D eigenvalue weighted by Gasteiger charge is 2.39. The van der Waals surface area contributed by atoms with Crippen molar-refractivity contribution in [3.8, 4) is 5.75 Å². The van der Waals surface area contributed by atoms with Gasteiger partial charge in [-0.25, -0.2) is 19.4 Å². The molecule has 3 aromatic heterocycles. The minimum absolute atomic E-state index is 0.0549. The van der Waals surface area contributed by atoms with Crippen LogP contribution in [0.15, 0.2) is 67.1 Å². The SMILES string of the molecule is Cc1cc2c(N(C(=O)OC(C)(C)C)C(=O)OC(C)(C)C)nccc2c(C)c1CN(C(=O)OC(C)(C)C)c1cc(OCc2ccc(Cn3cccn3)cc2)c(C(F)(F)F)nn1. The van der Waals surface area contributed by atoms with Crippen molar-refractivity contribution < 1.29 is 46.5 Å². The quantitative estimate of drug-likeness (QED) is 0.131. The number of nitrogens with zero attached hydrogens (tertiary/aromatic N) is 7. The van der Waals surface area contributed by atoms with Gasteiger partial charge in [0.25, 0.3) is 0 Å². The summed E-state index contributed by atoms with van der Waals surface area (Å²) in [7, 11) is 0. The molecule has 0 aliphatic rings. The molecule has 0 bridgehead atoms. The van der Waals surface area contributed by atoms with Crippen LogP contribution < -0.4 is 14.5 Å². The largest absolute Gasteiger partial charge is 0.486 e. The van der Waals surface area contributed by atoms with E-state index >= 15 is 0 Å². The van der Waals surface area contributed by atoms with Gasteiger partial charge in [-0.1, -0.05) is 24.3 Å². The molecule has 0 N–H and O–H groups in total. The summed E-state index contributed by atoms with van der Waals surface area (Å²) in [6.07, 6.45) is -2.97. The predicted molar refractivity (Wildman–Crippen MR) is 218 cm³/mol. The van der Waals surface area contributed by atoms with Crippen LogP contribution in [0.3, 0.4) is 0 Å². The fraction of sp³-hybridized carbons (Fsp3) is 0.419. The van der Waals surface area contributed by atoms with Crippen molar-refractivity contribution in [1.82, 2.24) is 25.0 Å². The van der Waals surface area contributed by atoms with Gasteiger partial charge in [-0.2, -0.15) is 23.2 Å². The third kappa shape index (κ3) is 11.5. The molecule has 0 fully saturated rings. The number of aryl methyl sites for hydroxylation is 2. The van der Waals surface area contributed by atoms with Crippen molar-refractivity contribution >= 4 is 40.7 Å². The topological polar surface area (TPSA) is 151 Å². The molecule has 320 valence electrons. The second-order valence-electron chi connectivity index (χ2n) is 17.1. The Morgan fingerprint density at radius 1 is 0.733 bits per heavy atom. The first-order valence-corrected chi connectivity index (χ1v) is 19.1. The summed E-state index contributed by atoms with van der Waals surface area (Å²) in [5.74, 6) is -0.966. The van der Waals surface area contributed by atoms with E-state index in [4.69, 9.17) is 18.9 Å². The van der Waals surface area contributed by atoms with Gasteiger partial charge >= 0.3 is 24.5 Å². The van der Waals surface area contributed by atoms with Gasteiger partial charge in [-0.3, -0.25) is 9.58 Å². The summed E-state index contributed by atoms with van der Waals surface area (Å²) in [6.45, 7) is 18.4. The Kier molecular flexibility index (Phi) is 12.8. The number of alkyl halides is 3. The van der Waals surface area contributed by atoms with E-state index in [-0.39, 0.29) is 24.8 Å². The molecule has 0 spiro atoms. The Labute approximate surface area is 346 Å². The maximum Gasteiger partial charge on any atom is 0.438 e. The minimum atomic E-state index is -4.94. The average molecular weight is 834 g/mol. The second kappa shape index (κ2) is 17.1. The number of fused-ring (bicyclic) bond motifs is 1. The fourth-order valence-corrected chi connectivity index (χ4v) is 5.98. The van der Waals surface area contributed by atoms with Gasteiger partial charge in [-0.15, -0.1) is 10.2 Å². The summed E-state index contributed by atoms with van der Waals surface area (Å²) in [5.41, 5.74) is -1.06. The summed E-state index contributed by atoms with van der Waals surface area (Å²) in [4.78, 5) is 47.3. The van der Waals surface area contributed by atoms with Gasteiger partial charge < -0.3 is 18.9 Å². The van der Waals surface area contributed by atoms with Crippen LogP contribution in [0.25, 0.3) is 10.8 Å². The monoisotopic (exact) mass is 833 g/mol. The Morgan fingerprint density at radius 2 is 1.32 bits per heavy atom. The summed E-state index contributed by atoms with van der Waals surface area (Å²) in [6, 6.07) is 13.3. The van der Waals surface area contributed by atoms with Crippen molar-refractivity contribution in [2.45, 2.75) is 119 Å². The van der Waals surface area contributed by atoms with Crippen molar-refractivity contribution in [1.29, 1.82) is 0 Å². The van der Waals surface area contributed by atoms with E-state index in [0.29, 0.717) is 39.6 Å². The van der Waals surface area contributed by atoms with Crippen LogP contribution in [-0.4, -0.2) is 60.0 Å². The van der Waals surface area contributed by atoms with Crippen molar-refractivity contribution in [2.75, 3.05) is 9.80 Å². The maximum absolute atomic E-state index is 14.3. The number of rotatable bonds is 9. The zero-order valence-corrected chi connectivity index (χ0v) is 35.6. The molecule has 0 atom stereocenters. The first kappa shape index (κ1) is 44.8. The zero-order valence-electron chi connectivity index (χ0n) is 35.6. The van der Waals surface area contributed by atoms with Crippen LogP contribution in [-0.2, 0) is 40.1 Å². The van der Waals surface area contributed by atoms with Crippen molar-refractivity contribution in [3.63, 3.8) is 0 Å². The van der Waals surface area contributed by atoms with Crippen LogP contribution in [0.4, 0.5) is 39.2 Å². The number of ether oxygens (including phenoxy) is 4. The number of amides is 3. The molecule has 14 nitrogen and oxygen atoms in total. The van der Waals surface area contributed by atoms with E-state index in [0.717, 1.165) is 21.4 Å². The molecule has 5 aromatic rings. The molecular formula is C43H50F3N7O7. The minimum Gasteiger partial charge on any atom is -0.486 e. The Hall–Kier alpha value is -6.26.